The van der Waals surface area contributed by atoms with Gasteiger partial charge in [0.25, 0.3) is 0 Å². The van der Waals surface area contributed by atoms with Crippen LogP contribution >= 0.6 is 0 Å². The van der Waals surface area contributed by atoms with Gasteiger partial charge in [-0.2, -0.15) is 0 Å². The van der Waals surface area contributed by atoms with E-state index in [1.54, 1.807) is 6.07 Å². The van der Waals surface area contributed by atoms with Crippen LogP contribution in [0.3, 0.4) is 0 Å². The number of ether oxygens (including phenoxy) is 1. The van der Waals surface area contributed by atoms with Crippen molar-refractivity contribution in [2.24, 2.45) is 17.8 Å². The maximum Gasteiger partial charge on any atom is 0.172 e. The van der Waals surface area contributed by atoms with E-state index in [-0.39, 0.29) is 5.82 Å². The molecule has 156 valence electrons. The highest BCUT2D eigenvalue weighted by Crippen LogP contribution is 2.40. The van der Waals surface area contributed by atoms with Gasteiger partial charge in [-0.15, -0.1) is 6.58 Å². The molecular weight excluding hydrogens is 359 g/mol. The first-order valence-electron chi connectivity index (χ1n) is 11.6. The quantitative estimate of drug-likeness (QED) is 0.450. The molecule has 1 nitrogen and oxygen atoms in total. The van der Waals surface area contributed by atoms with Crippen LogP contribution in [0.15, 0.2) is 43.0 Å². The monoisotopic (exact) mass is 394 g/mol. The molecular formula is C27H35FO. The molecule has 2 heteroatoms. The molecule has 0 saturated heterocycles. The molecule has 0 spiro atoms. The summed E-state index contributed by atoms with van der Waals surface area (Å²) in [5, 5.41) is 1.64. The predicted molar refractivity (Wildman–Crippen MR) is 120 cm³/mol. The van der Waals surface area contributed by atoms with Crippen molar-refractivity contribution in [3.8, 4) is 5.75 Å². The van der Waals surface area contributed by atoms with Crippen LogP contribution in [-0.4, -0.2) is 7.11 Å². The first-order valence-corrected chi connectivity index (χ1v) is 11.6. The van der Waals surface area contributed by atoms with Crippen molar-refractivity contribution in [2.75, 3.05) is 7.11 Å². The third-order valence-electron chi connectivity index (χ3n) is 7.69. The van der Waals surface area contributed by atoms with Gasteiger partial charge in [-0.1, -0.05) is 43.2 Å². The van der Waals surface area contributed by atoms with Crippen LogP contribution in [0.25, 0.3) is 10.8 Å². The molecule has 2 aliphatic carbocycles. The summed E-state index contributed by atoms with van der Waals surface area (Å²) in [4.78, 5) is 0. The maximum absolute atomic E-state index is 14.4. The third-order valence-corrected chi connectivity index (χ3v) is 7.69. The fourth-order valence-electron chi connectivity index (χ4n) is 5.67. The maximum atomic E-state index is 14.4. The van der Waals surface area contributed by atoms with Gasteiger partial charge < -0.3 is 4.74 Å². The van der Waals surface area contributed by atoms with E-state index in [9.17, 15) is 4.39 Å². The smallest absolute Gasteiger partial charge is 0.172 e. The summed E-state index contributed by atoms with van der Waals surface area (Å²) in [5.41, 5.74) is 1.38. The zero-order valence-electron chi connectivity index (χ0n) is 17.8. The molecule has 2 aromatic rings. The zero-order chi connectivity index (χ0) is 20.2. The molecule has 4 rings (SSSR count). The second kappa shape index (κ2) is 9.32. The first-order chi connectivity index (χ1) is 14.2. The number of benzene rings is 2. The van der Waals surface area contributed by atoms with Crippen LogP contribution in [0.2, 0.25) is 0 Å². The van der Waals surface area contributed by atoms with E-state index in [1.165, 1.54) is 76.9 Å². The summed E-state index contributed by atoms with van der Waals surface area (Å²) in [6.45, 7) is 3.97. The van der Waals surface area contributed by atoms with Gasteiger partial charge in [-0.25, -0.2) is 4.39 Å². The average Bonchev–Trinajstić information content (AvgIpc) is 2.78. The molecule has 29 heavy (non-hydrogen) atoms. The van der Waals surface area contributed by atoms with Crippen molar-refractivity contribution >= 4 is 10.8 Å². The fourth-order valence-corrected chi connectivity index (χ4v) is 5.67. The number of allylic oxidation sites excluding steroid dienone is 1. The number of fused-ring (bicyclic) bond motifs is 1. The third kappa shape index (κ3) is 4.68. The Hall–Kier alpha value is -1.83. The largest absolute Gasteiger partial charge is 0.494 e. The standard InChI is InChI=1S/C27H35FO/c1-3-19-4-6-20(7-5-19)8-9-21-10-12-22(13-11-21)23-14-16-25-24(18-23)15-17-26(29-2)27(25)28/h3,14-22H,1,4-13H2,2H3. The van der Waals surface area contributed by atoms with E-state index in [1.807, 2.05) is 12.1 Å². The molecule has 0 bridgehead atoms. The van der Waals surface area contributed by atoms with E-state index in [2.05, 4.69) is 24.8 Å². The minimum atomic E-state index is -0.248. The van der Waals surface area contributed by atoms with E-state index < -0.39 is 0 Å². The molecule has 0 aliphatic heterocycles. The average molecular weight is 395 g/mol. The number of halogens is 1. The summed E-state index contributed by atoms with van der Waals surface area (Å²) in [6.07, 6.45) is 15.8. The van der Waals surface area contributed by atoms with Crippen molar-refractivity contribution in [3.05, 3.63) is 54.4 Å². The van der Waals surface area contributed by atoms with Gasteiger partial charge in [0.1, 0.15) is 0 Å². The van der Waals surface area contributed by atoms with Crippen molar-refractivity contribution < 1.29 is 9.13 Å². The molecule has 0 amide bonds. The Balaban J connectivity index is 1.30. The molecule has 0 aromatic heterocycles. The van der Waals surface area contributed by atoms with Gasteiger partial charge in [0, 0.05) is 5.39 Å². The van der Waals surface area contributed by atoms with Gasteiger partial charge in [-0.3, -0.25) is 0 Å². The van der Waals surface area contributed by atoms with E-state index in [0.717, 1.165) is 23.1 Å². The zero-order valence-corrected chi connectivity index (χ0v) is 17.8. The SMILES string of the molecule is C=CC1CCC(CCC2CCC(c3ccc4c(F)c(OC)ccc4c3)CC2)CC1. The Labute approximate surface area is 175 Å². The van der Waals surface area contributed by atoms with Crippen LogP contribution in [-0.2, 0) is 0 Å². The molecule has 2 aromatic carbocycles. The molecule has 2 fully saturated rings. The number of hydrogen-bond donors (Lipinski definition) is 0. The summed E-state index contributed by atoms with van der Waals surface area (Å²) < 4.78 is 19.6. The van der Waals surface area contributed by atoms with Gasteiger partial charge in [0.2, 0.25) is 0 Å². The summed E-state index contributed by atoms with van der Waals surface area (Å²) in [6, 6.07) is 9.98. The van der Waals surface area contributed by atoms with Crippen LogP contribution in [0, 0.1) is 23.6 Å². The molecule has 0 unspecified atom stereocenters. The Morgan fingerprint density at radius 2 is 1.59 bits per heavy atom. The predicted octanol–water partition coefficient (Wildman–Crippen LogP) is 8.03. The van der Waals surface area contributed by atoms with Crippen molar-refractivity contribution in [1.82, 2.24) is 0 Å². The highest BCUT2D eigenvalue weighted by molar-refractivity contribution is 5.85. The lowest BCUT2D eigenvalue weighted by Crippen LogP contribution is -2.17. The summed E-state index contributed by atoms with van der Waals surface area (Å²) in [5.74, 6) is 3.34. The van der Waals surface area contributed by atoms with Crippen molar-refractivity contribution in [3.63, 3.8) is 0 Å². The topological polar surface area (TPSA) is 9.23 Å². The van der Waals surface area contributed by atoms with Crippen molar-refractivity contribution in [2.45, 2.75) is 70.1 Å². The van der Waals surface area contributed by atoms with Crippen LogP contribution < -0.4 is 4.74 Å². The Morgan fingerprint density at radius 3 is 2.21 bits per heavy atom. The van der Waals surface area contributed by atoms with E-state index in [0.29, 0.717) is 17.1 Å². The molecule has 2 saturated carbocycles. The first kappa shape index (κ1) is 20.4. The van der Waals surface area contributed by atoms with E-state index >= 15 is 0 Å². The Bertz CT molecular complexity index is 826. The molecule has 0 atom stereocenters. The molecule has 0 N–H and O–H groups in total. The summed E-state index contributed by atoms with van der Waals surface area (Å²) >= 11 is 0. The minimum absolute atomic E-state index is 0.248. The van der Waals surface area contributed by atoms with Crippen LogP contribution in [0.5, 0.6) is 5.75 Å². The Morgan fingerprint density at radius 1 is 0.931 bits per heavy atom. The lowest BCUT2D eigenvalue weighted by molar-refractivity contribution is 0.246. The molecule has 0 radical (unpaired) electrons. The van der Waals surface area contributed by atoms with E-state index in [4.69, 9.17) is 4.74 Å². The molecule has 2 aliphatic rings. The number of hydrogen-bond acceptors (Lipinski definition) is 1. The molecule has 0 heterocycles. The highest BCUT2D eigenvalue weighted by atomic mass is 19.1. The van der Waals surface area contributed by atoms with Crippen LogP contribution in [0.4, 0.5) is 4.39 Å². The van der Waals surface area contributed by atoms with Gasteiger partial charge in [0.15, 0.2) is 11.6 Å². The lowest BCUT2D eigenvalue weighted by atomic mass is 9.74. The van der Waals surface area contributed by atoms with Crippen LogP contribution in [0.1, 0.15) is 75.7 Å². The van der Waals surface area contributed by atoms with Gasteiger partial charge >= 0.3 is 0 Å². The van der Waals surface area contributed by atoms with Crippen molar-refractivity contribution in [1.29, 1.82) is 0 Å². The highest BCUT2D eigenvalue weighted by Gasteiger charge is 2.25. The number of methoxy groups -OCH3 is 1. The Kier molecular flexibility index (Phi) is 6.57. The van der Waals surface area contributed by atoms with Gasteiger partial charge in [-0.05, 0) is 92.1 Å². The second-order valence-electron chi connectivity index (χ2n) is 9.37. The normalized spacial score (nSPS) is 27.7. The fraction of sp³-hybridized carbons (Fsp3) is 0.556. The number of rotatable bonds is 6. The second-order valence-corrected chi connectivity index (χ2v) is 9.37. The minimum Gasteiger partial charge on any atom is -0.494 e. The van der Waals surface area contributed by atoms with Gasteiger partial charge in [0.05, 0.1) is 7.11 Å². The lowest BCUT2D eigenvalue weighted by Gasteiger charge is -2.31. The summed E-state index contributed by atoms with van der Waals surface area (Å²) in [7, 11) is 1.52.